The highest BCUT2D eigenvalue weighted by Crippen LogP contribution is 2.35. The highest BCUT2D eigenvalue weighted by atomic mass is 127. The van der Waals surface area contributed by atoms with Gasteiger partial charge in [-0.15, -0.1) is 59.3 Å². The summed E-state index contributed by atoms with van der Waals surface area (Å²) in [4.78, 5) is 15.2. The summed E-state index contributed by atoms with van der Waals surface area (Å²) in [6.45, 7) is 7.98. The van der Waals surface area contributed by atoms with E-state index < -0.39 is 0 Å². The number of anilines is 1. The molecule has 0 atom stereocenters. The van der Waals surface area contributed by atoms with Crippen molar-refractivity contribution in [2.75, 3.05) is 31.5 Å². The Bertz CT molecular complexity index is 926. The first-order chi connectivity index (χ1) is 11.7. The molecule has 3 rings (SSSR count). The van der Waals surface area contributed by atoms with Gasteiger partial charge in [0.2, 0.25) is 0 Å². The van der Waals surface area contributed by atoms with Crippen LogP contribution >= 0.6 is 59.3 Å². The molecule has 0 fully saturated rings. The van der Waals surface area contributed by atoms with Crippen LogP contribution < -0.4 is 10.7 Å². The van der Waals surface area contributed by atoms with Gasteiger partial charge in [0, 0.05) is 28.9 Å². The van der Waals surface area contributed by atoms with Crippen LogP contribution in [0.15, 0.2) is 41.2 Å². The summed E-state index contributed by atoms with van der Waals surface area (Å²) >= 11 is 1.45. The number of fused-ring (bicyclic) bond motifs is 2. The fourth-order valence-electron chi connectivity index (χ4n) is 2.92. The average molecular weight is 598 g/mol. The number of hydrogen-bond acceptors (Lipinski definition) is 5. The molecule has 0 saturated heterocycles. The molecule has 3 aromatic rings. The maximum Gasteiger partial charge on any atom is 0.198 e. The number of hydrogen-bond donors (Lipinski definition) is 2. The maximum absolute atomic E-state index is 12.9. The molecule has 7 heteroatoms. The number of phenols is 1. The minimum Gasteiger partial charge on any atom is -0.506 e. The smallest absolute Gasteiger partial charge is 0.198 e. The van der Waals surface area contributed by atoms with Crippen molar-refractivity contribution in [3.05, 3.63) is 46.6 Å². The van der Waals surface area contributed by atoms with Gasteiger partial charge in [0.25, 0.3) is 0 Å². The lowest BCUT2D eigenvalue weighted by Crippen LogP contribution is -2.28. The largest absolute Gasteiger partial charge is 0.506 e. The second-order valence-corrected chi connectivity index (χ2v) is 6.77. The average Bonchev–Trinajstić information content (AvgIpc) is 2.61. The van der Waals surface area contributed by atoms with Crippen molar-refractivity contribution in [2.45, 2.75) is 13.8 Å². The van der Waals surface area contributed by atoms with Gasteiger partial charge >= 0.3 is 0 Å². The molecule has 0 aliphatic carbocycles. The topological polar surface area (TPSA) is 52.6 Å². The van der Waals surface area contributed by atoms with Crippen molar-refractivity contribution < 1.29 is 5.11 Å². The minimum absolute atomic E-state index is 0. The van der Waals surface area contributed by atoms with Gasteiger partial charge in [0.15, 0.2) is 5.43 Å². The summed E-state index contributed by atoms with van der Waals surface area (Å²) in [5.74, 6) is 0.159. The maximum atomic E-state index is 12.9. The Morgan fingerprint density at radius 3 is 2.46 bits per heavy atom. The van der Waals surface area contributed by atoms with E-state index in [0.29, 0.717) is 15.5 Å². The molecule has 0 aliphatic heterocycles. The van der Waals surface area contributed by atoms with Gasteiger partial charge in [-0.05, 0) is 37.4 Å². The van der Waals surface area contributed by atoms with Gasteiger partial charge in [-0.2, -0.15) is 0 Å². The Balaban J connectivity index is 0.00000169. The standard InChI is InChI=1S/C19H22N2O2S.2HI/c1-3-21(4-2)12-11-20-14-9-10-15(22)19-17(14)18(23)13-7-5-6-8-16(13)24-19;;/h5-10,20,22H,3-4,11-12H2,1-2H3;2*1H. The van der Waals surface area contributed by atoms with E-state index in [9.17, 15) is 9.90 Å². The van der Waals surface area contributed by atoms with Crippen LogP contribution in [0.4, 0.5) is 5.69 Å². The summed E-state index contributed by atoms with van der Waals surface area (Å²) in [6, 6.07) is 11.0. The van der Waals surface area contributed by atoms with Gasteiger partial charge in [0.05, 0.1) is 10.1 Å². The lowest BCUT2D eigenvalue weighted by molar-refractivity contribution is 0.316. The van der Waals surface area contributed by atoms with Gasteiger partial charge in [-0.3, -0.25) is 4.79 Å². The zero-order chi connectivity index (χ0) is 17.1. The number of likely N-dealkylation sites (N-methyl/N-ethyl adjacent to an activating group) is 1. The Morgan fingerprint density at radius 1 is 1.08 bits per heavy atom. The van der Waals surface area contributed by atoms with Gasteiger partial charge in [-0.25, -0.2) is 0 Å². The lowest BCUT2D eigenvalue weighted by atomic mass is 10.1. The molecule has 0 unspecified atom stereocenters. The number of rotatable bonds is 6. The molecule has 4 nitrogen and oxygen atoms in total. The zero-order valence-corrected chi connectivity index (χ0v) is 20.3. The van der Waals surface area contributed by atoms with Crippen molar-refractivity contribution in [1.29, 1.82) is 0 Å². The Hall–Kier alpha value is -0.650. The van der Waals surface area contributed by atoms with E-state index in [-0.39, 0.29) is 59.1 Å². The fourth-order valence-corrected chi connectivity index (χ4v) is 4.04. The van der Waals surface area contributed by atoms with Gasteiger partial charge in [-0.1, -0.05) is 26.0 Å². The summed E-state index contributed by atoms with van der Waals surface area (Å²) in [5, 5.41) is 14.9. The molecule has 2 N–H and O–H groups in total. The highest BCUT2D eigenvalue weighted by molar-refractivity contribution is 14.0. The quantitative estimate of drug-likeness (QED) is 0.236. The molecule has 0 spiro atoms. The molecule has 0 aliphatic rings. The molecule has 142 valence electrons. The molecule has 0 radical (unpaired) electrons. The van der Waals surface area contributed by atoms with Crippen LogP contribution in [0.1, 0.15) is 13.8 Å². The van der Waals surface area contributed by atoms with Crippen molar-refractivity contribution in [2.24, 2.45) is 0 Å². The van der Waals surface area contributed by atoms with Crippen molar-refractivity contribution in [1.82, 2.24) is 4.90 Å². The van der Waals surface area contributed by atoms with Crippen molar-refractivity contribution >= 4 is 85.1 Å². The molecule has 1 heterocycles. The van der Waals surface area contributed by atoms with Crippen LogP contribution in [0.3, 0.4) is 0 Å². The fraction of sp³-hybridized carbons (Fsp3) is 0.316. The first kappa shape index (κ1) is 23.4. The van der Waals surface area contributed by atoms with E-state index in [4.69, 9.17) is 0 Å². The first-order valence-corrected chi connectivity index (χ1v) is 9.11. The second kappa shape index (κ2) is 10.6. The van der Waals surface area contributed by atoms with Gasteiger partial charge < -0.3 is 15.3 Å². The molecule has 26 heavy (non-hydrogen) atoms. The number of phenolic OH excluding ortho intramolecular Hbond substituents is 1. The van der Waals surface area contributed by atoms with E-state index in [1.54, 1.807) is 12.1 Å². The number of benzene rings is 2. The lowest BCUT2D eigenvalue weighted by Gasteiger charge is -2.19. The molecule has 0 saturated carbocycles. The van der Waals surface area contributed by atoms with E-state index in [1.165, 1.54) is 11.3 Å². The summed E-state index contributed by atoms with van der Waals surface area (Å²) < 4.78 is 1.54. The van der Waals surface area contributed by atoms with Crippen LogP contribution in [-0.2, 0) is 0 Å². The van der Waals surface area contributed by atoms with Crippen LogP contribution in [0.5, 0.6) is 5.75 Å². The first-order valence-electron chi connectivity index (χ1n) is 8.29. The predicted octanol–water partition coefficient (Wildman–Crippen LogP) is 5.11. The Kier molecular flexibility index (Phi) is 9.56. The van der Waals surface area contributed by atoms with E-state index in [1.807, 2.05) is 24.3 Å². The van der Waals surface area contributed by atoms with Crippen LogP contribution in [-0.4, -0.2) is 36.2 Å². The molecular weight excluding hydrogens is 574 g/mol. The van der Waals surface area contributed by atoms with E-state index >= 15 is 0 Å². The summed E-state index contributed by atoms with van der Waals surface area (Å²) in [5.41, 5.74) is 0.766. The highest BCUT2D eigenvalue weighted by Gasteiger charge is 2.13. The normalized spacial score (nSPS) is 10.6. The number of halogens is 2. The molecule has 0 amide bonds. The third-order valence-corrected chi connectivity index (χ3v) is 5.54. The monoisotopic (exact) mass is 598 g/mol. The molecule has 1 aromatic heterocycles. The number of nitrogens with zero attached hydrogens (tertiary/aromatic N) is 1. The van der Waals surface area contributed by atoms with Crippen LogP contribution in [0, 0.1) is 0 Å². The zero-order valence-electron chi connectivity index (χ0n) is 14.8. The van der Waals surface area contributed by atoms with Crippen molar-refractivity contribution in [3.8, 4) is 5.75 Å². The Labute approximate surface area is 191 Å². The van der Waals surface area contributed by atoms with E-state index in [2.05, 4.69) is 24.1 Å². The van der Waals surface area contributed by atoms with Crippen LogP contribution in [0.25, 0.3) is 20.2 Å². The van der Waals surface area contributed by atoms with E-state index in [0.717, 1.165) is 36.6 Å². The third kappa shape index (κ3) is 4.79. The third-order valence-electron chi connectivity index (χ3n) is 4.35. The molecular formula is C19H24I2N2O2S. The number of nitrogens with one attached hydrogen (secondary N) is 1. The summed E-state index contributed by atoms with van der Waals surface area (Å²) in [7, 11) is 0. The van der Waals surface area contributed by atoms with Crippen molar-refractivity contribution in [3.63, 3.8) is 0 Å². The van der Waals surface area contributed by atoms with Crippen LogP contribution in [0.2, 0.25) is 0 Å². The second-order valence-electron chi connectivity index (χ2n) is 5.72. The molecule has 2 aromatic carbocycles. The Morgan fingerprint density at radius 2 is 1.77 bits per heavy atom. The number of aromatic hydroxyl groups is 1. The molecule has 0 bridgehead atoms. The van der Waals surface area contributed by atoms with Gasteiger partial charge in [0.1, 0.15) is 5.75 Å². The minimum atomic E-state index is -0.0272. The summed E-state index contributed by atoms with van der Waals surface area (Å²) in [6.07, 6.45) is 0. The SMILES string of the molecule is CCN(CC)CCNc1ccc(O)c2sc3ccccc3c(=O)c12.I.I. The predicted molar refractivity (Wildman–Crippen MR) is 134 cm³/mol.